The second kappa shape index (κ2) is 7.27. The first kappa shape index (κ1) is 15.6. The number of hydrogen-bond acceptors (Lipinski definition) is 2. The molecule has 21 heavy (non-hydrogen) atoms. The molecule has 0 saturated carbocycles. The molecule has 4 heteroatoms. The van der Waals surface area contributed by atoms with Gasteiger partial charge in [-0.2, -0.15) is 0 Å². The Balaban J connectivity index is 1.99. The average Bonchev–Trinajstić information content (AvgIpc) is 2.47. The highest BCUT2D eigenvalue weighted by Gasteiger charge is 2.09. The largest absolute Gasteiger partial charge is 0.495 e. The first-order chi connectivity index (χ1) is 10.1. The van der Waals surface area contributed by atoms with E-state index in [4.69, 9.17) is 4.74 Å². The third-order valence-corrected chi connectivity index (χ3v) is 3.81. The van der Waals surface area contributed by atoms with Gasteiger partial charge in [-0.05, 0) is 42.7 Å². The smallest absolute Gasteiger partial charge is 0.224 e. The van der Waals surface area contributed by atoms with Gasteiger partial charge >= 0.3 is 0 Å². The zero-order chi connectivity index (χ0) is 15.2. The molecule has 3 nitrogen and oxygen atoms in total. The van der Waals surface area contributed by atoms with Gasteiger partial charge in [0, 0.05) is 10.9 Å². The molecule has 2 aromatic rings. The van der Waals surface area contributed by atoms with Crippen molar-refractivity contribution in [2.75, 3.05) is 12.4 Å². The predicted molar refractivity (Wildman–Crippen MR) is 88.8 cm³/mol. The summed E-state index contributed by atoms with van der Waals surface area (Å²) >= 11 is 3.39. The van der Waals surface area contributed by atoms with E-state index in [0.717, 1.165) is 10.9 Å². The number of anilines is 1. The van der Waals surface area contributed by atoms with Gasteiger partial charge in [-0.1, -0.05) is 40.2 Å². The van der Waals surface area contributed by atoms with Crippen molar-refractivity contribution in [3.05, 3.63) is 58.1 Å². The number of ether oxygens (including phenoxy) is 1. The zero-order valence-electron chi connectivity index (χ0n) is 12.2. The van der Waals surface area contributed by atoms with Gasteiger partial charge in [0.2, 0.25) is 5.91 Å². The Hall–Kier alpha value is -1.81. The molecular formula is C17H18BrNO2. The number of amides is 1. The van der Waals surface area contributed by atoms with Crippen LogP contribution in [0.1, 0.15) is 17.5 Å². The van der Waals surface area contributed by atoms with E-state index in [1.807, 2.05) is 30.3 Å². The Kier molecular flexibility index (Phi) is 5.39. The van der Waals surface area contributed by atoms with Gasteiger partial charge in [0.1, 0.15) is 5.75 Å². The fraction of sp³-hybridized carbons (Fsp3) is 0.235. The maximum atomic E-state index is 12.1. The van der Waals surface area contributed by atoms with Crippen LogP contribution >= 0.6 is 15.9 Å². The second-order valence-corrected chi connectivity index (χ2v) is 5.73. The maximum Gasteiger partial charge on any atom is 0.224 e. The molecular weight excluding hydrogens is 330 g/mol. The van der Waals surface area contributed by atoms with Crippen LogP contribution in [-0.4, -0.2) is 13.0 Å². The molecule has 0 heterocycles. The number of carbonyl (C=O) groups is 1. The molecule has 2 rings (SSSR count). The van der Waals surface area contributed by atoms with Crippen molar-refractivity contribution in [2.24, 2.45) is 0 Å². The van der Waals surface area contributed by atoms with Crippen molar-refractivity contribution in [3.8, 4) is 5.75 Å². The molecule has 0 unspecified atom stereocenters. The molecule has 0 fully saturated rings. The number of benzene rings is 2. The molecule has 0 aliphatic heterocycles. The summed E-state index contributed by atoms with van der Waals surface area (Å²) in [6.45, 7) is 2.06. The van der Waals surface area contributed by atoms with E-state index in [9.17, 15) is 4.79 Å². The first-order valence-electron chi connectivity index (χ1n) is 6.78. The fourth-order valence-corrected chi connectivity index (χ4v) is 2.49. The second-order valence-electron chi connectivity index (χ2n) is 4.82. The monoisotopic (exact) mass is 347 g/mol. The van der Waals surface area contributed by atoms with Crippen LogP contribution < -0.4 is 10.1 Å². The quantitative estimate of drug-likeness (QED) is 0.873. The van der Waals surface area contributed by atoms with Crippen molar-refractivity contribution in [3.63, 3.8) is 0 Å². The Labute approximate surface area is 133 Å². The van der Waals surface area contributed by atoms with Crippen LogP contribution in [-0.2, 0) is 11.2 Å². The van der Waals surface area contributed by atoms with Crippen LogP contribution in [0.2, 0.25) is 0 Å². The van der Waals surface area contributed by atoms with E-state index in [1.165, 1.54) is 11.1 Å². The lowest BCUT2D eigenvalue weighted by Crippen LogP contribution is -2.13. The highest BCUT2D eigenvalue weighted by Crippen LogP contribution is 2.28. The first-order valence-corrected chi connectivity index (χ1v) is 7.57. The van der Waals surface area contributed by atoms with Crippen molar-refractivity contribution in [1.29, 1.82) is 0 Å². The number of rotatable bonds is 5. The number of aryl methyl sites for hydroxylation is 2. The minimum absolute atomic E-state index is 0.0188. The normalized spacial score (nSPS) is 10.2. The van der Waals surface area contributed by atoms with Crippen molar-refractivity contribution in [1.82, 2.24) is 0 Å². The Bertz CT molecular complexity index is 640. The van der Waals surface area contributed by atoms with E-state index in [-0.39, 0.29) is 5.91 Å². The third-order valence-electron chi connectivity index (χ3n) is 3.32. The molecule has 0 saturated heterocycles. The average molecular weight is 348 g/mol. The Morgan fingerprint density at radius 1 is 1.24 bits per heavy atom. The highest BCUT2D eigenvalue weighted by atomic mass is 79.9. The summed E-state index contributed by atoms with van der Waals surface area (Å²) in [6.07, 6.45) is 1.18. The lowest BCUT2D eigenvalue weighted by Gasteiger charge is -2.11. The van der Waals surface area contributed by atoms with Crippen LogP contribution in [0.5, 0.6) is 5.75 Å². The molecule has 0 atom stereocenters. The number of halogens is 1. The fourth-order valence-electron chi connectivity index (χ4n) is 2.13. The lowest BCUT2D eigenvalue weighted by atomic mass is 10.0. The number of carbonyl (C=O) groups excluding carboxylic acids is 1. The van der Waals surface area contributed by atoms with Gasteiger partial charge in [0.25, 0.3) is 0 Å². The van der Waals surface area contributed by atoms with E-state index < -0.39 is 0 Å². The molecule has 0 spiro atoms. The molecule has 0 aliphatic rings. The standard InChI is InChI=1S/C17H18BrNO2/c1-12-5-3-4-6-13(12)7-10-17(20)19-15-11-14(18)8-9-16(15)21-2/h3-6,8-9,11H,7,10H2,1-2H3,(H,19,20). The minimum Gasteiger partial charge on any atom is -0.495 e. The molecule has 0 bridgehead atoms. The lowest BCUT2D eigenvalue weighted by molar-refractivity contribution is -0.116. The summed E-state index contributed by atoms with van der Waals surface area (Å²) in [4.78, 5) is 12.1. The van der Waals surface area contributed by atoms with Crippen LogP contribution in [0.25, 0.3) is 0 Å². The van der Waals surface area contributed by atoms with Crippen molar-refractivity contribution in [2.45, 2.75) is 19.8 Å². The summed E-state index contributed by atoms with van der Waals surface area (Å²) in [6, 6.07) is 13.7. The molecule has 0 aliphatic carbocycles. The van der Waals surface area contributed by atoms with Gasteiger partial charge in [-0.3, -0.25) is 4.79 Å². The van der Waals surface area contributed by atoms with Crippen LogP contribution in [0.3, 0.4) is 0 Å². The van der Waals surface area contributed by atoms with Gasteiger partial charge < -0.3 is 10.1 Å². The SMILES string of the molecule is COc1ccc(Br)cc1NC(=O)CCc1ccccc1C. The van der Waals surface area contributed by atoms with Gasteiger partial charge in [-0.15, -0.1) is 0 Å². The number of hydrogen-bond donors (Lipinski definition) is 1. The maximum absolute atomic E-state index is 12.1. The summed E-state index contributed by atoms with van der Waals surface area (Å²) in [5.74, 6) is 0.636. The third kappa shape index (κ3) is 4.33. The Morgan fingerprint density at radius 3 is 2.71 bits per heavy atom. The van der Waals surface area contributed by atoms with Gasteiger partial charge in [0.05, 0.1) is 12.8 Å². The summed E-state index contributed by atoms with van der Waals surface area (Å²) in [7, 11) is 1.59. The summed E-state index contributed by atoms with van der Waals surface area (Å²) in [5.41, 5.74) is 3.10. The molecule has 110 valence electrons. The molecule has 1 N–H and O–H groups in total. The highest BCUT2D eigenvalue weighted by molar-refractivity contribution is 9.10. The Morgan fingerprint density at radius 2 is 2.00 bits per heavy atom. The summed E-state index contributed by atoms with van der Waals surface area (Å²) in [5, 5.41) is 2.90. The molecule has 0 aromatic heterocycles. The zero-order valence-corrected chi connectivity index (χ0v) is 13.7. The van der Waals surface area contributed by atoms with E-state index in [2.05, 4.69) is 40.3 Å². The van der Waals surface area contributed by atoms with Gasteiger partial charge in [-0.25, -0.2) is 0 Å². The van der Waals surface area contributed by atoms with Crippen LogP contribution in [0.4, 0.5) is 5.69 Å². The minimum atomic E-state index is -0.0188. The molecule has 2 aromatic carbocycles. The predicted octanol–water partition coefficient (Wildman–Crippen LogP) is 4.34. The van der Waals surface area contributed by atoms with E-state index in [0.29, 0.717) is 17.9 Å². The van der Waals surface area contributed by atoms with Crippen molar-refractivity contribution < 1.29 is 9.53 Å². The van der Waals surface area contributed by atoms with Crippen LogP contribution in [0.15, 0.2) is 46.9 Å². The topological polar surface area (TPSA) is 38.3 Å². The number of methoxy groups -OCH3 is 1. The van der Waals surface area contributed by atoms with Crippen molar-refractivity contribution >= 4 is 27.5 Å². The summed E-state index contributed by atoms with van der Waals surface area (Å²) < 4.78 is 6.15. The van der Waals surface area contributed by atoms with E-state index in [1.54, 1.807) is 7.11 Å². The van der Waals surface area contributed by atoms with Gasteiger partial charge in [0.15, 0.2) is 0 Å². The number of nitrogens with one attached hydrogen (secondary N) is 1. The molecule has 0 radical (unpaired) electrons. The van der Waals surface area contributed by atoms with E-state index >= 15 is 0 Å². The van der Waals surface area contributed by atoms with Crippen LogP contribution in [0, 0.1) is 6.92 Å². The molecule has 1 amide bonds.